The summed E-state index contributed by atoms with van der Waals surface area (Å²) in [5, 5.41) is 0.557. The number of thiazole rings is 1. The minimum Gasteiger partial charge on any atom is -0.467 e. The number of carbonyl (C=O) groups is 1. The van der Waals surface area contributed by atoms with Crippen molar-refractivity contribution in [3.8, 4) is 0 Å². The molecule has 0 unspecified atom stereocenters. The molecule has 0 N–H and O–H groups in total. The van der Waals surface area contributed by atoms with Crippen LogP contribution in [0.5, 0.6) is 0 Å². The Kier molecular flexibility index (Phi) is 9.64. The Bertz CT molecular complexity index is 1440. The molecule has 0 atom stereocenters. The third-order valence-corrected chi connectivity index (χ3v) is 9.89. The fraction of sp³-hybridized carbons (Fsp3) is 0.357. The zero-order valence-corrected chi connectivity index (χ0v) is 24.4. The van der Waals surface area contributed by atoms with Gasteiger partial charge in [0.05, 0.1) is 27.9 Å². The average Bonchev–Trinajstić information content (AvgIpc) is 3.60. The van der Waals surface area contributed by atoms with Gasteiger partial charge in [-0.2, -0.15) is 4.31 Å². The van der Waals surface area contributed by atoms with Crippen LogP contribution in [0, 0.1) is 0 Å². The van der Waals surface area contributed by atoms with E-state index in [0.29, 0.717) is 29.5 Å². The molecule has 1 amide bonds. The van der Waals surface area contributed by atoms with Crippen LogP contribution in [0.4, 0.5) is 5.13 Å². The predicted molar refractivity (Wildman–Crippen MR) is 156 cm³/mol. The third-order valence-electron chi connectivity index (χ3n) is 6.22. The number of anilines is 1. The number of thioether (sulfide) groups is 1. The Morgan fingerprint density at radius 3 is 2.34 bits per heavy atom. The molecule has 0 aliphatic rings. The van der Waals surface area contributed by atoms with E-state index in [1.165, 1.54) is 23.5 Å². The smallest absolute Gasteiger partial charge is 0.260 e. The molecule has 0 aliphatic heterocycles. The van der Waals surface area contributed by atoms with E-state index >= 15 is 0 Å². The molecule has 10 heteroatoms. The SMILES string of the molecule is CCCCN(CCCC)S(=O)(=O)c1ccc(C(=O)N(Cc2ccco2)c2nc3ccc(SC)cc3s2)cc1. The topological polar surface area (TPSA) is 83.7 Å². The van der Waals surface area contributed by atoms with E-state index in [2.05, 4.69) is 6.07 Å². The first-order valence-electron chi connectivity index (χ1n) is 12.8. The van der Waals surface area contributed by atoms with Crippen LogP contribution in [0.1, 0.15) is 55.6 Å². The fourth-order valence-electron chi connectivity index (χ4n) is 4.02. The number of unbranched alkanes of at least 4 members (excludes halogenated alkanes) is 2. The predicted octanol–water partition coefficient (Wildman–Crippen LogP) is 7.05. The molecule has 4 rings (SSSR count). The fourth-order valence-corrected chi connectivity index (χ4v) is 7.05. The second-order valence-electron chi connectivity index (χ2n) is 8.94. The van der Waals surface area contributed by atoms with Gasteiger partial charge in [0.15, 0.2) is 5.13 Å². The molecular formula is C28H33N3O4S3. The second kappa shape index (κ2) is 12.9. The lowest BCUT2D eigenvalue weighted by Crippen LogP contribution is -2.33. The van der Waals surface area contributed by atoms with Gasteiger partial charge in [-0.3, -0.25) is 9.69 Å². The molecule has 0 spiro atoms. The van der Waals surface area contributed by atoms with Crippen molar-refractivity contribution in [1.29, 1.82) is 0 Å². The molecule has 0 aliphatic carbocycles. The molecule has 0 bridgehead atoms. The monoisotopic (exact) mass is 571 g/mol. The lowest BCUT2D eigenvalue weighted by molar-refractivity contribution is 0.0983. The van der Waals surface area contributed by atoms with Gasteiger partial charge in [-0.05, 0) is 73.7 Å². The number of carbonyl (C=O) groups excluding carboxylic acids is 1. The molecule has 2 aromatic heterocycles. The molecule has 7 nitrogen and oxygen atoms in total. The minimum atomic E-state index is -3.64. The van der Waals surface area contributed by atoms with Crippen LogP contribution in [-0.2, 0) is 16.6 Å². The molecule has 0 fully saturated rings. The number of furan rings is 1. The summed E-state index contributed by atoms with van der Waals surface area (Å²) < 4.78 is 34.8. The molecule has 0 saturated heterocycles. The van der Waals surface area contributed by atoms with Crippen LogP contribution in [0.3, 0.4) is 0 Å². The first-order chi connectivity index (χ1) is 18.4. The average molecular weight is 572 g/mol. The molecule has 2 aromatic carbocycles. The van der Waals surface area contributed by atoms with E-state index in [1.807, 2.05) is 38.3 Å². The van der Waals surface area contributed by atoms with Gasteiger partial charge in [-0.25, -0.2) is 13.4 Å². The van der Waals surface area contributed by atoms with E-state index in [0.717, 1.165) is 40.8 Å². The number of hydrogen-bond donors (Lipinski definition) is 0. The highest BCUT2D eigenvalue weighted by Gasteiger charge is 2.26. The van der Waals surface area contributed by atoms with Crippen molar-refractivity contribution in [2.75, 3.05) is 24.2 Å². The number of rotatable bonds is 13. The van der Waals surface area contributed by atoms with E-state index in [-0.39, 0.29) is 17.3 Å². The van der Waals surface area contributed by atoms with Crippen molar-refractivity contribution in [3.63, 3.8) is 0 Å². The number of hydrogen-bond acceptors (Lipinski definition) is 7. The number of fused-ring (bicyclic) bond motifs is 1. The summed E-state index contributed by atoms with van der Waals surface area (Å²) in [6.07, 6.45) is 7.04. The number of amides is 1. The first kappa shape index (κ1) is 28.4. The number of nitrogens with zero attached hydrogens (tertiary/aromatic N) is 3. The maximum Gasteiger partial charge on any atom is 0.260 e. The van der Waals surface area contributed by atoms with Gasteiger partial charge in [-0.15, -0.1) is 11.8 Å². The molecule has 4 aromatic rings. The highest BCUT2D eigenvalue weighted by molar-refractivity contribution is 7.98. The minimum absolute atomic E-state index is 0.198. The summed E-state index contributed by atoms with van der Waals surface area (Å²) in [6.45, 7) is 5.29. The normalized spacial score (nSPS) is 11.9. The van der Waals surface area contributed by atoms with E-state index < -0.39 is 10.0 Å². The Morgan fingerprint density at radius 1 is 1.03 bits per heavy atom. The molecule has 0 radical (unpaired) electrons. The van der Waals surface area contributed by atoms with Crippen LogP contribution in [0.25, 0.3) is 10.2 Å². The van der Waals surface area contributed by atoms with Gasteiger partial charge in [0.25, 0.3) is 5.91 Å². The van der Waals surface area contributed by atoms with Crippen LogP contribution in [0.15, 0.2) is 75.1 Å². The Hall–Kier alpha value is -2.66. The van der Waals surface area contributed by atoms with E-state index in [9.17, 15) is 13.2 Å². The largest absolute Gasteiger partial charge is 0.467 e. The summed E-state index contributed by atoms with van der Waals surface area (Å²) in [5.74, 6) is 0.354. The van der Waals surface area contributed by atoms with Gasteiger partial charge in [0.1, 0.15) is 5.76 Å². The van der Waals surface area contributed by atoms with Crippen LogP contribution in [-0.4, -0.2) is 43.0 Å². The molecule has 2 heterocycles. The van der Waals surface area contributed by atoms with Crippen LogP contribution >= 0.6 is 23.1 Å². The van der Waals surface area contributed by atoms with Crippen LogP contribution in [0.2, 0.25) is 0 Å². The summed E-state index contributed by atoms with van der Waals surface area (Å²) in [7, 11) is -3.64. The van der Waals surface area contributed by atoms with Gasteiger partial charge in [0.2, 0.25) is 10.0 Å². The molecule has 0 saturated carbocycles. The van der Waals surface area contributed by atoms with Gasteiger partial charge in [0, 0.05) is 23.5 Å². The number of benzene rings is 2. The highest BCUT2D eigenvalue weighted by Crippen LogP contribution is 2.33. The molecule has 202 valence electrons. The standard InChI is InChI=1S/C28H33N3O4S3/c1-4-6-16-30(17-7-5-2)38(33,34)24-13-10-21(11-14-24)27(32)31(20-22-9-8-18-35-22)28-29-25-15-12-23(36-3)19-26(25)37-28/h8-15,18-19H,4-7,16-17,20H2,1-3H3. The zero-order chi connectivity index (χ0) is 27.1. The lowest BCUT2D eigenvalue weighted by atomic mass is 10.2. The van der Waals surface area contributed by atoms with Crippen molar-refractivity contribution in [2.45, 2.75) is 55.9 Å². The van der Waals surface area contributed by atoms with Crippen molar-refractivity contribution < 1.29 is 17.6 Å². The summed E-state index contributed by atoms with van der Waals surface area (Å²) in [4.78, 5) is 21.4. The van der Waals surface area contributed by atoms with Crippen molar-refractivity contribution in [3.05, 3.63) is 72.2 Å². The van der Waals surface area contributed by atoms with Crippen molar-refractivity contribution in [2.24, 2.45) is 0 Å². The molecular weight excluding hydrogens is 539 g/mol. The molecule has 38 heavy (non-hydrogen) atoms. The van der Waals surface area contributed by atoms with E-state index in [4.69, 9.17) is 9.40 Å². The summed E-state index contributed by atoms with van der Waals surface area (Å²) in [6, 6.07) is 15.9. The van der Waals surface area contributed by atoms with Gasteiger partial charge < -0.3 is 4.42 Å². The lowest BCUT2D eigenvalue weighted by Gasteiger charge is -2.22. The highest BCUT2D eigenvalue weighted by atomic mass is 32.2. The van der Waals surface area contributed by atoms with E-state index in [1.54, 1.807) is 45.4 Å². The number of sulfonamides is 1. The van der Waals surface area contributed by atoms with Gasteiger partial charge >= 0.3 is 0 Å². The van der Waals surface area contributed by atoms with Gasteiger partial charge in [-0.1, -0.05) is 38.0 Å². The van der Waals surface area contributed by atoms with Crippen molar-refractivity contribution in [1.82, 2.24) is 9.29 Å². The number of aromatic nitrogens is 1. The van der Waals surface area contributed by atoms with Crippen molar-refractivity contribution >= 4 is 54.4 Å². The van der Waals surface area contributed by atoms with Crippen LogP contribution < -0.4 is 4.90 Å². The first-order valence-corrected chi connectivity index (χ1v) is 16.2. The third kappa shape index (κ3) is 6.48. The Labute approximate surface area is 232 Å². The zero-order valence-electron chi connectivity index (χ0n) is 21.9. The Morgan fingerprint density at radius 2 is 1.74 bits per heavy atom. The summed E-state index contributed by atoms with van der Waals surface area (Å²) in [5.41, 5.74) is 1.20. The second-order valence-corrected chi connectivity index (χ2v) is 12.8. The summed E-state index contributed by atoms with van der Waals surface area (Å²) >= 11 is 3.10. The maximum atomic E-state index is 13.7. The Balaban J connectivity index is 1.63. The maximum absolute atomic E-state index is 13.7. The quantitative estimate of drug-likeness (QED) is 0.160.